The van der Waals surface area contributed by atoms with Crippen LogP contribution in [-0.4, -0.2) is 23.3 Å². The van der Waals surface area contributed by atoms with Crippen molar-refractivity contribution >= 4 is 28.9 Å². The predicted molar refractivity (Wildman–Crippen MR) is 101 cm³/mol. The summed E-state index contributed by atoms with van der Waals surface area (Å²) in [6, 6.07) is 8.17. The minimum Gasteiger partial charge on any atom is -0.322 e. The van der Waals surface area contributed by atoms with Crippen molar-refractivity contribution in [2.75, 3.05) is 16.8 Å². The Hall–Kier alpha value is -3.22. The molecule has 27 heavy (non-hydrogen) atoms. The van der Waals surface area contributed by atoms with Gasteiger partial charge in [0.1, 0.15) is 0 Å². The maximum atomic E-state index is 12.6. The first-order valence-corrected chi connectivity index (χ1v) is 8.91. The van der Waals surface area contributed by atoms with Crippen molar-refractivity contribution < 1.29 is 14.5 Å². The molecule has 0 unspecified atom stereocenters. The Labute approximate surface area is 156 Å². The van der Waals surface area contributed by atoms with Crippen molar-refractivity contribution in [1.82, 2.24) is 0 Å². The van der Waals surface area contributed by atoms with E-state index in [1.165, 1.54) is 6.07 Å². The van der Waals surface area contributed by atoms with Crippen LogP contribution in [0.4, 0.5) is 17.1 Å². The number of nitrogens with zero attached hydrogens (tertiary/aromatic N) is 2. The molecule has 2 aromatic rings. The minimum absolute atomic E-state index is 0.0819. The number of nitro groups is 1. The van der Waals surface area contributed by atoms with Crippen molar-refractivity contribution in [3.8, 4) is 0 Å². The molecule has 2 heterocycles. The van der Waals surface area contributed by atoms with Gasteiger partial charge in [0.15, 0.2) is 0 Å². The number of hydrogen-bond donors (Lipinski definition) is 1. The van der Waals surface area contributed by atoms with Crippen molar-refractivity contribution in [1.29, 1.82) is 0 Å². The molecule has 7 nitrogen and oxygen atoms in total. The summed E-state index contributed by atoms with van der Waals surface area (Å²) >= 11 is 0. The Bertz CT molecular complexity index is 999. The van der Waals surface area contributed by atoms with Gasteiger partial charge in [0, 0.05) is 29.4 Å². The average Bonchev–Trinajstić information content (AvgIpc) is 2.88. The number of benzene rings is 2. The predicted octanol–water partition coefficient (Wildman–Crippen LogP) is 3.55. The van der Waals surface area contributed by atoms with Gasteiger partial charge >= 0.3 is 0 Å². The number of nitrogens with one attached hydrogen (secondary N) is 1. The van der Waals surface area contributed by atoms with Gasteiger partial charge in [0.25, 0.3) is 11.6 Å². The van der Waals surface area contributed by atoms with Gasteiger partial charge in [0.05, 0.1) is 16.5 Å². The zero-order valence-electron chi connectivity index (χ0n) is 15.1. The Kier molecular flexibility index (Phi) is 3.95. The number of rotatable bonds is 3. The fraction of sp³-hybridized carbons (Fsp3) is 0.300. The number of hydrogen-bond acceptors (Lipinski definition) is 4. The molecule has 2 amide bonds. The first-order valence-electron chi connectivity index (χ1n) is 8.91. The lowest BCUT2D eigenvalue weighted by Crippen LogP contribution is -2.32. The molecule has 0 radical (unpaired) electrons. The van der Waals surface area contributed by atoms with E-state index in [1.807, 2.05) is 24.0 Å². The maximum absolute atomic E-state index is 12.6. The zero-order valence-corrected chi connectivity index (χ0v) is 15.1. The standard InChI is InChI=1S/C20H19N3O4/c1-11-5-6-14(9-17(11)23(26)27)19(24)21-15-8-13-4-3-7-22-18(13)16(10-15)12(2)20(22)25/h5-6,8-10,12H,3-4,7H2,1-2H3,(H,21,24)/t12-/m1/s1. The monoisotopic (exact) mass is 365 g/mol. The van der Waals surface area contributed by atoms with Gasteiger partial charge in [0.2, 0.25) is 5.91 Å². The summed E-state index contributed by atoms with van der Waals surface area (Å²) in [4.78, 5) is 37.5. The lowest BCUT2D eigenvalue weighted by Gasteiger charge is -2.26. The molecule has 2 aliphatic heterocycles. The van der Waals surface area contributed by atoms with Gasteiger partial charge in [-0.05, 0) is 56.0 Å². The van der Waals surface area contributed by atoms with Gasteiger partial charge in [-0.2, -0.15) is 0 Å². The van der Waals surface area contributed by atoms with Gasteiger partial charge in [-0.15, -0.1) is 0 Å². The van der Waals surface area contributed by atoms with Crippen LogP contribution in [0.25, 0.3) is 0 Å². The number of amides is 2. The molecule has 0 saturated heterocycles. The maximum Gasteiger partial charge on any atom is 0.273 e. The number of aryl methyl sites for hydroxylation is 2. The van der Waals surface area contributed by atoms with Gasteiger partial charge in [-0.25, -0.2) is 0 Å². The van der Waals surface area contributed by atoms with Gasteiger partial charge in [-0.3, -0.25) is 19.7 Å². The second-order valence-corrected chi connectivity index (χ2v) is 7.10. The molecule has 0 aliphatic carbocycles. The van der Waals surface area contributed by atoms with Gasteiger partial charge in [-0.1, -0.05) is 6.07 Å². The van der Waals surface area contributed by atoms with E-state index in [0.717, 1.165) is 36.2 Å². The zero-order chi connectivity index (χ0) is 19.3. The number of carbonyl (C=O) groups excluding carboxylic acids is 2. The third-order valence-corrected chi connectivity index (χ3v) is 5.34. The lowest BCUT2D eigenvalue weighted by atomic mass is 9.96. The van der Waals surface area contributed by atoms with Crippen molar-refractivity contribution in [3.05, 3.63) is 62.7 Å². The van der Waals surface area contributed by atoms with E-state index in [1.54, 1.807) is 19.1 Å². The molecular formula is C20H19N3O4. The minimum atomic E-state index is -0.493. The smallest absolute Gasteiger partial charge is 0.273 e. The third kappa shape index (κ3) is 2.75. The topological polar surface area (TPSA) is 92.6 Å². The largest absolute Gasteiger partial charge is 0.322 e. The van der Waals surface area contributed by atoms with Crippen molar-refractivity contribution in [3.63, 3.8) is 0 Å². The summed E-state index contributed by atoms with van der Waals surface area (Å²) in [7, 11) is 0. The SMILES string of the molecule is Cc1ccc(C(=O)Nc2cc3c4c(c2)[C@@H](C)C(=O)N4CCC3)cc1[N+](=O)[O-]. The number of anilines is 2. The molecule has 0 saturated carbocycles. The lowest BCUT2D eigenvalue weighted by molar-refractivity contribution is -0.385. The van der Waals surface area contributed by atoms with E-state index in [0.29, 0.717) is 11.3 Å². The number of nitro benzene ring substituents is 1. The van der Waals surface area contributed by atoms with E-state index in [9.17, 15) is 19.7 Å². The quantitative estimate of drug-likeness (QED) is 0.665. The molecule has 0 fully saturated rings. The molecule has 4 rings (SSSR count). The van der Waals surface area contributed by atoms with Crippen LogP contribution in [0.5, 0.6) is 0 Å². The highest BCUT2D eigenvalue weighted by Gasteiger charge is 2.38. The van der Waals surface area contributed by atoms with E-state index >= 15 is 0 Å². The molecule has 0 aromatic heterocycles. The normalized spacial score (nSPS) is 17.6. The van der Waals surface area contributed by atoms with Crippen molar-refractivity contribution in [2.45, 2.75) is 32.6 Å². The molecule has 138 valence electrons. The molecule has 1 N–H and O–H groups in total. The summed E-state index contributed by atoms with van der Waals surface area (Å²) < 4.78 is 0. The van der Waals surface area contributed by atoms with Gasteiger partial charge < -0.3 is 10.2 Å². The van der Waals surface area contributed by atoms with Crippen molar-refractivity contribution in [2.24, 2.45) is 0 Å². The Morgan fingerprint density at radius 2 is 2.07 bits per heavy atom. The van der Waals surface area contributed by atoms with Crippen LogP contribution in [0.2, 0.25) is 0 Å². The second kappa shape index (κ2) is 6.19. The first kappa shape index (κ1) is 17.2. The van der Waals surface area contributed by atoms with Crippen LogP contribution < -0.4 is 10.2 Å². The fourth-order valence-electron chi connectivity index (χ4n) is 3.92. The molecule has 0 spiro atoms. The van der Waals surface area contributed by atoms with Crippen LogP contribution in [0.3, 0.4) is 0 Å². The summed E-state index contributed by atoms with van der Waals surface area (Å²) in [6.07, 6.45) is 1.75. The molecule has 0 bridgehead atoms. The molecule has 7 heteroatoms. The Morgan fingerprint density at radius 3 is 2.81 bits per heavy atom. The third-order valence-electron chi connectivity index (χ3n) is 5.34. The van der Waals surface area contributed by atoms with Crippen LogP contribution in [-0.2, 0) is 11.2 Å². The molecule has 2 aromatic carbocycles. The average molecular weight is 365 g/mol. The molecular weight excluding hydrogens is 346 g/mol. The highest BCUT2D eigenvalue weighted by Crippen LogP contribution is 2.44. The molecule has 1 atom stereocenters. The van der Waals surface area contributed by atoms with Crippen LogP contribution in [0.15, 0.2) is 30.3 Å². The van der Waals surface area contributed by atoms with Crippen LogP contribution >= 0.6 is 0 Å². The van der Waals surface area contributed by atoms with E-state index in [-0.39, 0.29) is 23.1 Å². The van der Waals surface area contributed by atoms with E-state index in [4.69, 9.17) is 0 Å². The summed E-state index contributed by atoms with van der Waals surface area (Å²) in [5.41, 5.74) is 4.24. The Balaban J connectivity index is 1.67. The van der Waals surface area contributed by atoms with E-state index in [2.05, 4.69) is 5.32 Å². The fourth-order valence-corrected chi connectivity index (χ4v) is 3.92. The highest BCUT2D eigenvalue weighted by atomic mass is 16.6. The number of carbonyl (C=O) groups is 2. The van der Waals surface area contributed by atoms with Crippen LogP contribution in [0, 0.1) is 17.0 Å². The summed E-state index contributed by atoms with van der Waals surface area (Å²) in [6.45, 7) is 4.25. The van der Waals surface area contributed by atoms with E-state index < -0.39 is 10.8 Å². The summed E-state index contributed by atoms with van der Waals surface area (Å²) in [5, 5.41) is 13.9. The first-order chi connectivity index (χ1) is 12.9. The van der Waals surface area contributed by atoms with Crippen LogP contribution in [0.1, 0.15) is 46.3 Å². The second-order valence-electron chi connectivity index (χ2n) is 7.10. The molecule has 2 aliphatic rings. The Morgan fingerprint density at radius 1 is 1.30 bits per heavy atom. The highest BCUT2D eigenvalue weighted by molar-refractivity contribution is 6.08. The summed E-state index contributed by atoms with van der Waals surface area (Å²) in [5.74, 6) is -0.535.